The quantitative estimate of drug-likeness (QED) is 0.286. The molecule has 0 spiro atoms. The summed E-state index contributed by atoms with van der Waals surface area (Å²) in [6.07, 6.45) is 1.25. The minimum atomic E-state index is 0.0731. The molecule has 192 valence electrons. The minimum absolute atomic E-state index is 0.0731. The van der Waals surface area contributed by atoms with Crippen LogP contribution in [-0.2, 0) is 0 Å². The molecule has 0 amide bonds. The third kappa shape index (κ3) is 11.0. The molecule has 0 heterocycles. The Hall–Kier alpha value is -3.86. The Labute approximate surface area is 217 Å². The highest BCUT2D eigenvalue weighted by Gasteiger charge is 2.07. The number of benzene rings is 4. The minimum Gasteiger partial charge on any atom is -0.505 e. The Balaban J connectivity index is 0.00000122. The van der Waals surface area contributed by atoms with E-state index in [0.717, 1.165) is 16.8 Å². The fourth-order valence-corrected chi connectivity index (χ4v) is 2.64. The molecule has 0 aromatic heterocycles. The maximum Gasteiger partial charge on any atom is 0.150 e. The van der Waals surface area contributed by atoms with Gasteiger partial charge in [0.15, 0.2) is 5.75 Å². The van der Waals surface area contributed by atoms with Crippen molar-refractivity contribution in [1.29, 1.82) is 0 Å². The van der Waals surface area contributed by atoms with Gasteiger partial charge in [0.1, 0.15) is 5.69 Å². The van der Waals surface area contributed by atoms with Gasteiger partial charge in [0.2, 0.25) is 0 Å². The summed E-state index contributed by atoms with van der Waals surface area (Å²) < 4.78 is 0. The lowest BCUT2D eigenvalue weighted by Gasteiger charge is -2.04. The van der Waals surface area contributed by atoms with E-state index in [2.05, 4.69) is 34.3 Å². The van der Waals surface area contributed by atoms with Gasteiger partial charge < -0.3 is 5.11 Å². The normalized spacial score (nSPS) is 9.67. The topological polar surface area (TPSA) is 69.7 Å². The van der Waals surface area contributed by atoms with Gasteiger partial charge in [-0.15, -0.1) is 5.11 Å². The van der Waals surface area contributed by atoms with E-state index in [0.29, 0.717) is 16.8 Å². The van der Waals surface area contributed by atoms with Crippen LogP contribution in [0.2, 0.25) is 0 Å². The highest BCUT2D eigenvalue weighted by atomic mass is 16.3. The van der Waals surface area contributed by atoms with Gasteiger partial charge in [0.25, 0.3) is 0 Å². The summed E-state index contributed by atoms with van der Waals surface area (Å²) in [4.78, 5) is 0. The number of fused-ring (bicyclic) bond motifs is 1. The van der Waals surface area contributed by atoms with Gasteiger partial charge in [-0.2, -0.15) is 15.3 Å². The zero-order chi connectivity index (χ0) is 27.2. The van der Waals surface area contributed by atoms with E-state index in [1.807, 2.05) is 120 Å². The molecule has 5 nitrogen and oxygen atoms in total. The predicted molar refractivity (Wildman–Crippen MR) is 157 cm³/mol. The zero-order valence-corrected chi connectivity index (χ0v) is 23.1. The van der Waals surface area contributed by atoms with Gasteiger partial charge in [-0.1, -0.05) is 110 Å². The lowest BCUT2D eigenvalue weighted by molar-refractivity contribution is 0.482. The van der Waals surface area contributed by atoms with Gasteiger partial charge >= 0.3 is 0 Å². The smallest absolute Gasteiger partial charge is 0.150 e. The summed E-state index contributed by atoms with van der Waals surface area (Å²) in [6.45, 7) is 16.2. The van der Waals surface area contributed by atoms with Crippen LogP contribution in [0.15, 0.2) is 111 Å². The lowest BCUT2D eigenvalue weighted by Crippen LogP contribution is -1.76. The first-order valence-corrected chi connectivity index (χ1v) is 12.9. The molecule has 4 aromatic carbocycles. The van der Waals surface area contributed by atoms with Crippen molar-refractivity contribution < 1.29 is 5.11 Å². The maximum absolute atomic E-state index is 10.6. The molecule has 5 heteroatoms. The number of hydrogen-bond acceptors (Lipinski definition) is 5. The number of aromatic hydroxyl groups is 1. The maximum atomic E-state index is 10.6. The zero-order valence-electron chi connectivity index (χ0n) is 23.1. The second kappa shape index (κ2) is 20.5. The highest BCUT2D eigenvalue weighted by Crippen LogP contribution is 2.37. The van der Waals surface area contributed by atoms with E-state index in [1.54, 1.807) is 12.1 Å². The lowest BCUT2D eigenvalue weighted by atomic mass is 10.1. The third-order valence-corrected chi connectivity index (χ3v) is 4.02. The largest absolute Gasteiger partial charge is 0.505 e. The molecule has 0 atom stereocenters. The van der Waals surface area contributed by atoms with E-state index in [9.17, 15) is 5.11 Å². The summed E-state index contributed by atoms with van der Waals surface area (Å²) >= 11 is 0. The van der Waals surface area contributed by atoms with Gasteiger partial charge in [-0.3, -0.25) is 0 Å². The van der Waals surface area contributed by atoms with E-state index >= 15 is 0 Å². The summed E-state index contributed by atoms with van der Waals surface area (Å²) in [5.41, 5.74) is 2.55. The molecule has 0 unspecified atom stereocenters. The van der Waals surface area contributed by atoms with E-state index in [-0.39, 0.29) is 5.75 Å². The molecule has 4 aromatic rings. The SMILES string of the molecule is CC.CC.CC.CCC.Oc1c(N=Nc2ccccc2)ccc2ccc(N=Nc3ccccc3)cc12. The molecule has 0 aliphatic rings. The van der Waals surface area contributed by atoms with E-state index < -0.39 is 0 Å². The van der Waals surface area contributed by atoms with Crippen LogP contribution in [0, 0.1) is 0 Å². The molecule has 0 saturated heterocycles. The van der Waals surface area contributed by atoms with Crippen LogP contribution in [0.3, 0.4) is 0 Å². The molecule has 0 aliphatic carbocycles. The molecule has 0 fully saturated rings. The number of rotatable bonds is 4. The predicted octanol–water partition coefficient (Wildman–Crippen LogP) is 11.9. The Morgan fingerprint density at radius 2 is 0.944 bits per heavy atom. The molecule has 0 saturated carbocycles. The van der Waals surface area contributed by atoms with E-state index in [1.165, 1.54) is 6.42 Å². The Morgan fingerprint density at radius 1 is 0.528 bits per heavy atom. The van der Waals surface area contributed by atoms with Crippen molar-refractivity contribution in [2.45, 2.75) is 61.8 Å². The molecular formula is C31H42N4O. The monoisotopic (exact) mass is 486 g/mol. The van der Waals surface area contributed by atoms with Gasteiger partial charge in [0.05, 0.1) is 17.1 Å². The van der Waals surface area contributed by atoms with Crippen molar-refractivity contribution in [2.75, 3.05) is 0 Å². The standard InChI is InChI=1S/C22H16N4O.C3H8.3C2H6/c27-22-20-15-19(25-23-17-7-3-1-4-8-17)13-11-16(20)12-14-21(22)26-24-18-9-5-2-6-10-18;1-3-2;3*1-2/h1-15,27H;3H2,1-2H3;3*1-2H3. The van der Waals surface area contributed by atoms with Crippen LogP contribution in [-0.4, -0.2) is 5.11 Å². The molecule has 4 rings (SSSR count). The van der Waals surface area contributed by atoms with Crippen molar-refractivity contribution in [1.82, 2.24) is 0 Å². The molecule has 0 bridgehead atoms. The summed E-state index contributed by atoms with van der Waals surface area (Å²) in [5, 5.41) is 29.0. The third-order valence-electron chi connectivity index (χ3n) is 4.02. The second-order valence-corrected chi connectivity index (χ2v) is 6.62. The Morgan fingerprint density at radius 3 is 1.44 bits per heavy atom. The van der Waals surface area contributed by atoms with Crippen LogP contribution >= 0.6 is 0 Å². The fraction of sp³-hybridized carbons (Fsp3) is 0.290. The fourth-order valence-electron chi connectivity index (χ4n) is 2.64. The van der Waals surface area contributed by atoms with Crippen molar-refractivity contribution in [2.24, 2.45) is 20.5 Å². The van der Waals surface area contributed by atoms with Gasteiger partial charge in [0, 0.05) is 5.39 Å². The highest BCUT2D eigenvalue weighted by molar-refractivity contribution is 5.94. The van der Waals surface area contributed by atoms with Crippen molar-refractivity contribution in [3.8, 4) is 5.75 Å². The molecule has 0 aliphatic heterocycles. The van der Waals surface area contributed by atoms with Gasteiger partial charge in [-0.25, -0.2) is 0 Å². The molecular weight excluding hydrogens is 444 g/mol. The number of hydrogen-bond donors (Lipinski definition) is 1. The number of phenols is 1. The second-order valence-electron chi connectivity index (χ2n) is 6.62. The molecule has 1 N–H and O–H groups in total. The Bertz CT molecular complexity index is 1140. The van der Waals surface area contributed by atoms with Gasteiger partial charge in [-0.05, 0) is 47.9 Å². The van der Waals surface area contributed by atoms with Crippen LogP contribution in [0.25, 0.3) is 10.8 Å². The van der Waals surface area contributed by atoms with E-state index in [4.69, 9.17) is 0 Å². The number of phenolic OH excluding ortho intramolecular Hbond substituents is 1. The number of azo groups is 2. The summed E-state index contributed by atoms with van der Waals surface area (Å²) in [7, 11) is 0. The van der Waals surface area contributed by atoms with Crippen LogP contribution in [0.4, 0.5) is 22.7 Å². The summed E-state index contributed by atoms with van der Waals surface area (Å²) in [6, 6.07) is 28.1. The first kappa shape index (κ1) is 32.1. The molecule has 0 radical (unpaired) electrons. The van der Waals surface area contributed by atoms with Crippen LogP contribution < -0.4 is 0 Å². The van der Waals surface area contributed by atoms with Crippen molar-refractivity contribution in [3.63, 3.8) is 0 Å². The van der Waals surface area contributed by atoms with Crippen LogP contribution in [0.5, 0.6) is 5.75 Å². The molecule has 36 heavy (non-hydrogen) atoms. The number of nitrogens with zero attached hydrogens (tertiary/aromatic N) is 4. The summed E-state index contributed by atoms with van der Waals surface area (Å²) in [5.74, 6) is 0.0731. The Kier molecular flexibility index (Phi) is 18.3. The average Bonchev–Trinajstić information content (AvgIpc) is 2.96. The van der Waals surface area contributed by atoms with Crippen molar-refractivity contribution in [3.05, 3.63) is 91.0 Å². The first-order valence-electron chi connectivity index (χ1n) is 12.9. The first-order chi connectivity index (χ1) is 17.7. The van der Waals surface area contributed by atoms with Crippen LogP contribution in [0.1, 0.15) is 61.8 Å². The average molecular weight is 487 g/mol. The van der Waals surface area contributed by atoms with Crippen molar-refractivity contribution >= 4 is 33.5 Å².